The van der Waals surface area contributed by atoms with Crippen molar-refractivity contribution in [3.63, 3.8) is 0 Å². The van der Waals surface area contributed by atoms with Crippen LogP contribution in [0.2, 0.25) is 0 Å². The minimum absolute atomic E-state index is 0.0199. The highest BCUT2D eigenvalue weighted by Gasteiger charge is 2.48. The zero-order valence-electron chi connectivity index (χ0n) is 15.5. The smallest absolute Gasteiger partial charge is 0.225 e. The first-order valence-electron chi connectivity index (χ1n) is 10.0. The highest BCUT2D eigenvalue weighted by Crippen LogP contribution is 2.41. The van der Waals surface area contributed by atoms with Crippen LogP contribution in [0.25, 0.3) is 0 Å². The maximum Gasteiger partial charge on any atom is 0.225 e. The summed E-state index contributed by atoms with van der Waals surface area (Å²) in [4.78, 5) is 14.1. The number of piperidine rings is 1. The van der Waals surface area contributed by atoms with Crippen molar-refractivity contribution in [2.45, 2.75) is 49.5 Å². The van der Waals surface area contributed by atoms with Crippen molar-refractivity contribution in [3.05, 3.63) is 17.5 Å². The summed E-state index contributed by atoms with van der Waals surface area (Å²) in [5, 5.41) is -0.281. The second kappa shape index (κ2) is 6.16. The third-order valence-electron chi connectivity index (χ3n) is 6.55. The van der Waals surface area contributed by atoms with Crippen LogP contribution >= 0.6 is 0 Å². The SMILES string of the molecule is CC1CCCN(c2ncc3c(n2)[C@H]2CN(CC4CC4)C[C@H]2S(=O)(=O)C3)C1. The zero-order valence-corrected chi connectivity index (χ0v) is 16.3. The van der Waals surface area contributed by atoms with E-state index in [1.807, 2.05) is 0 Å². The molecule has 1 unspecified atom stereocenters. The molecule has 0 bridgehead atoms. The molecule has 0 amide bonds. The number of hydrogen-bond donors (Lipinski definition) is 0. The summed E-state index contributed by atoms with van der Waals surface area (Å²) in [6.07, 6.45) is 6.83. The Morgan fingerprint density at radius 1 is 1.19 bits per heavy atom. The van der Waals surface area contributed by atoms with Crippen molar-refractivity contribution >= 4 is 15.8 Å². The quantitative estimate of drug-likeness (QED) is 0.802. The lowest BCUT2D eigenvalue weighted by Crippen LogP contribution is -2.38. The molecule has 0 radical (unpaired) electrons. The summed E-state index contributed by atoms with van der Waals surface area (Å²) in [6.45, 7) is 6.85. The number of rotatable bonds is 3. The van der Waals surface area contributed by atoms with E-state index >= 15 is 0 Å². The van der Waals surface area contributed by atoms with Gasteiger partial charge < -0.3 is 9.80 Å². The molecule has 5 rings (SSSR count). The number of fused-ring (bicyclic) bond motifs is 3. The van der Waals surface area contributed by atoms with E-state index < -0.39 is 9.84 Å². The van der Waals surface area contributed by atoms with E-state index in [9.17, 15) is 8.42 Å². The average molecular weight is 377 g/mol. The first-order chi connectivity index (χ1) is 12.5. The van der Waals surface area contributed by atoms with Crippen molar-refractivity contribution in [2.24, 2.45) is 11.8 Å². The highest BCUT2D eigenvalue weighted by molar-refractivity contribution is 7.91. The van der Waals surface area contributed by atoms with E-state index in [0.717, 1.165) is 49.3 Å². The van der Waals surface area contributed by atoms with Crippen LogP contribution in [-0.2, 0) is 15.6 Å². The molecule has 2 saturated heterocycles. The van der Waals surface area contributed by atoms with Gasteiger partial charge in [0.1, 0.15) is 0 Å². The largest absolute Gasteiger partial charge is 0.341 e. The number of aromatic nitrogens is 2. The van der Waals surface area contributed by atoms with Crippen LogP contribution in [0, 0.1) is 11.8 Å². The van der Waals surface area contributed by atoms with E-state index in [1.165, 1.54) is 25.7 Å². The molecule has 4 heterocycles. The Morgan fingerprint density at radius 2 is 2.04 bits per heavy atom. The molecule has 0 spiro atoms. The molecule has 142 valence electrons. The third-order valence-corrected chi connectivity index (χ3v) is 8.66. The highest BCUT2D eigenvalue weighted by atomic mass is 32.2. The van der Waals surface area contributed by atoms with Crippen molar-refractivity contribution in [3.8, 4) is 0 Å². The Kier molecular flexibility index (Phi) is 4.01. The molecule has 1 aromatic heterocycles. The second-order valence-corrected chi connectivity index (χ2v) is 11.1. The van der Waals surface area contributed by atoms with Crippen LogP contribution in [0.5, 0.6) is 0 Å². The number of hydrogen-bond acceptors (Lipinski definition) is 6. The van der Waals surface area contributed by atoms with Crippen LogP contribution in [0.4, 0.5) is 5.95 Å². The molecular formula is C19H28N4O2S. The van der Waals surface area contributed by atoms with Gasteiger partial charge in [0.25, 0.3) is 0 Å². The number of nitrogens with zero attached hydrogens (tertiary/aromatic N) is 4. The molecular weight excluding hydrogens is 348 g/mol. The fraction of sp³-hybridized carbons (Fsp3) is 0.789. The lowest BCUT2D eigenvalue weighted by atomic mass is 9.99. The second-order valence-electron chi connectivity index (χ2n) is 8.89. The van der Waals surface area contributed by atoms with Crippen molar-refractivity contribution in [1.29, 1.82) is 0 Å². The van der Waals surface area contributed by atoms with Gasteiger partial charge in [0.05, 0.1) is 16.7 Å². The molecule has 6 nitrogen and oxygen atoms in total. The van der Waals surface area contributed by atoms with E-state index in [0.29, 0.717) is 12.5 Å². The molecule has 3 aliphatic heterocycles. The van der Waals surface area contributed by atoms with Gasteiger partial charge in [-0.2, -0.15) is 0 Å². The zero-order chi connectivity index (χ0) is 17.9. The molecule has 1 aromatic rings. The monoisotopic (exact) mass is 376 g/mol. The first kappa shape index (κ1) is 16.9. The van der Waals surface area contributed by atoms with Gasteiger partial charge in [0.2, 0.25) is 5.95 Å². The molecule has 3 fully saturated rings. The minimum Gasteiger partial charge on any atom is -0.341 e. The molecule has 1 saturated carbocycles. The molecule has 0 aromatic carbocycles. The Labute approximate surface area is 155 Å². The Bertz CT molecular complexity index is 808. The summed E-state index contributed by atoms with van der Waals surface area (Å²) in [5.74, 6) is 2.38. The summed E-state index contributed by atoms with van der Waals surface area (Å²) in [5.41, 5.74) is 1.83. The predicted molar refractivity (Wildman–Crippen MR) is 101 cm³/mol. The first-order valence-corrected chi connectivity index (χ1v) is 11.8. The lowest BCUT2D eigenvalue weighted by molar-refractivity contribution is 0.320. The Balaban J connectivity index is 1.46. The Hall–Kier alpha value is -1.21. The summed E-state index contributed by atoms with van der Waals surface area (Å²) < 4.78 is 25.6. The van der Waals surface area contributed by atoms with Crippen molar-refractivity contribution < 1.29 is 8.42 Å². The standard InChI is InChI=1S/C19H28N4O2S/c1-13-3-2-6-23(8-13)19-20-7-15-12-26(24,25)17-11-22(9-14-4-5-14)10-16(17)18(15)21-19/h7,13-14,16-17H,2-6,8-12H2,1H3/t13?,16-,17+/m0/s1. The van der Waals surface area contributed by atoms with Crippen LogP contribution in [-0.4, -0.2) is 61.3 Å². The van der Waals surface area contributed by atoms with Gasteiger partial charge in [-0.15, -0.1) is 0 Å². The maximum absolute atomic E-state index is 12.8. The third kappa shape index (κ3) is 3.03. The Morgan fingerprint density at radius 3 is 2.81 bits per heavy atom. The van der Waals surface area contributed by atoms with E-state index in [-0.39, 0.29) is 16.9 Å². The van der Waals surface area contributed by atoms with Gasteiger partial charge in [0.15, 0.2) is 9.84 Å². The van der Waals surface area contributed by atoms with Crippen LogP contribution < -0.4 is 4.90 Å². The number of anilines is 1. The van der Waals surface area contributed by atoms with Gasteiger partial charge in [-0.25, -0.2) is 18.4 Å². The lowest BCUT2D eigenvalue weighted by Gasteiger charge is -2.32. The van der Waals surface area contributed by atoms with Crippen molar-refractivity contribution in [2.75, 3.05) is 37.6 Å². The molecule has 1 aliphatic carbocycles. The van der Waals surface area contributed by atoms with Gasteiger partial charge in [-0.1, -0.05) is 6.92 Å². The molecule has 3 atom stereocenters. The summed E-state index contributed by atoms with van der Waals surface area (Å²) >= 11 is 0. The average Bonchev–Trinajstić information content (AvgIpc) is 3.30. The summed E-state index contributed by atoms with van der Waals surface area (Å²) in [7, 11) is -3.10. The topological polar surface area (TPSA) is 66.4 Å². The van der Waals surface area contributed by atoms with Crippen LogP contribution in [0.3, 0.4) is 0 Å². The van der Waals surface area contributed by atoms with Gasteiger partial charge in [-0.05, 0) is 37.5 Å². The molecule has 26 heavy (non-hydrogen) atoms. The minimum atomic E-state index is -3.10. The fourth-order valence-corrected chi connectivity index (χ4v) is 7.01. The van der Waals surface area contributed by atoms with Gasteiger partial charge in [0, 0.05) is 50.4 Å². The molecule has 7 heteroatoms. The normalized spacial score (nSPS) is 33.7. The van der Waals surface area contributed by atoms with E-state index in [4.69, 9.17) is 4.98 Å². The maximum atomic E-state index is 12.8. The fourth-order valence-electron chi connectivity index (χ4n) is 4.98. The predicted octanol–water partition coefficient (Wildman–Crippen LogP) is 1.82. The number of sulfone groups is 1. The number of likely N-dealkylation sites (tertiary alicyclic amines) is 1. The van der Waals surface area contributed by atoms with E-state index in [1.54, 1.807) is 6.20 Å². The summed E-state index contributed by atoms with van der Waals surface area (Å²) in [6, 6.07) is 0. The van der Waals surface area contributed by atoms with Gasteiger partial charge in [-0.3, -0.25) is 0 Å². The van der Waals surface area contributed by atoms with Gasteiger partial charge >= 0.3 is 0 Å². The molecule has 4 aliphatic rings. The van der Waals surface area contributed by atoms with E-state index in [2.05, 4.69) is 21.7 Å². The van der Waals surface area contributed by atoms with Crippen molar-refractivity contribution in [1.82, 2.24) is 14.9 Å². The van der Waals surface area contributed by atoms with Crippen LogP contribution in [0.15, 0.2) is 6.20 Å². The van der Waals surface area contributed by atoms with Crippen LogP contribution in [0.1, 0.15) is 49.8 Å². The molecule has 0 N–H and O–H groups in total.